The number of hydrogen-bond acceptors (Lipinski definition) is 6. The minimum Gasteiger partial charge on any atom is -0.490 e. The van der Waals surface area contributed by atoms with E-state index in [1.54, 1.807) is 0 Å². The normalized spacial score (nSPS) is 24.3. The zero-order chi connectivity index (χ0) is 30.1. The van der Waals surface area contributed by atoms with Crippen LogP contribution in [0, 0.1) is 18.8 Å². The Kier molecular flexibility index (Phi) is 9.10. The fourth-order valence-corrected chi connectivity index (χ4v) is 7.79. The summed E-state index contributed by atoms with van der Waals surface area (Å²) in [5.41, 5.74) is 4.21. The van der Waals surface area contributed by atoms with Crippen molar-refractivity contribution in [2.75, 3.05) is 37.6 Å². The lowest BCUT2D eigenvalue weighted by molar-refractivity contribution is -0.134. The van der Waals surface area contributed by atoms with Gasteiger partial charge in [0.1, 0.15) is 5.75 Å². The number of anilines is 1. The molecule has 1 aliphatic carbocycles. The van der Waals surface area contributed by atoms with E-state index in [1.807, 2.05) is 11.7 Å². The molecule has 1 unspecified atom stereocenters. The fraction of sp³-hybridized carbons (Fsp3) is 0.559. The number of nitrogens with one attached hydrogen (secondary N) is 1. The van der Waals surface area contributed by atoms with E-state index >= 15 is 0 Å². The number of nitrogens with zero attached hydrogens (tertiary/aromatic N) is 4. The minimum atomic E-state index is -0.381. The van der Waals surface area contributed by atoms with Gasteiger partial charge in [-0.15, -0.1) is 0 Å². The van der Waals surface area contributed by atoms with Crippen LogP contribution < -0.4 is 15.0 Å². The van der Waals surface area contributed by atoms with Crippen molar-refractivity contribution in [2.24, 2.45) is 18.9 Å². The summed E-state index contributed by atoms with van der Waals surface area (Å²) >= 11 is 3.62. The van der Waals surface area contributed by atoms with Crippen molar-refractivity contribution in [1.29, 1.82) is 0 Å². The number of aryl methyl sites for hydroxylation is 1. The number of hydrogen-bond donors (Lipinski definition) is 1. The third-order valence-electron chi connectivity index (χ3n) is 9.77. The molecule has 1 aromatic heterocycles. The molecule has 2 atom stereocenters. The van der Waals surface area contributed by atoms with Gasteiger partial charge in [-0.25, -0.2) is 0 Å². The van der Waals surface area contributed by atoms with Crippen LogP contribution in [0.25, 0.3) is 10.9 Å². The SMILES string of the molecule is Cc1c(Br)cccc1OC1CCC(C[C@H](C)CN2CCN(c3cccc4c(C5CCC(=O)NC5=O)nn(C)c34)CC2)CC1. The molecule has 6 rings (SSSR count). The van der Waals surface area contributed by atoms with E-state index in [4.69, 9.17) is 9.84 Å². The molecule has 8 nitrogen and oxygen atoms in total. The largest absolute Gasteiger partial charge is 0.490 e. The van der Waals surface area contributed by atoms with Crippen molar-refractivity contribution >= 4 is 44.3 Å². The second kappa shape index (κ2) is 13.0. The van der Waals surface area contributed by atoms with E-state index in [0.29, 0.717) is 24.9 Å². The van der Waals surface area contributed by atoms with E-state index in [2.05, 4.69) is 81.3 Å². The number of imide groups is 1. The van der Waals surface area contributed by atoms with Crippen LogP contribution in [0.15, 0.2) is 40.9 Å². The molecule has 1 saturated carbocycles. The number of amides is 2. The predicted octanol–water partition coefficient (Wildman–Crippen LogP) is 5.95. The van der Waals surface area contributed by atoms with Gasteiger partial charge in [-0.3, -0.25) is 24.5 Å². The molecule has 2 aliphatic heterocycles. The van der Waals surface area contributed by atoms with Crippen molar-refractivity contribution in [3.63, 3.8) is 0 Å². The molecule has 1 N–H and O–H groups in total. The zero-order valence-corrected chi connectivity index (χ0v) is 27.2. The van der Waals surface area contributed by atoms with Gasteiger partial charge in [0.15, 0.2) is 0 Å². The first-order valence-electron chi connectivity index (χ1n) is 15.9. The van der Waals surface area contributed by atoms with Gasteiger partial charge in [0, 0.05) is 61.6 Å². The van der Waals surface area contributed by atoms with E-state index in [-0.39, 0.29) is 17.7 Å². The van der Waals surface area contributed by atoms with Gasteiger partial charge in [-0.05, 0) is 75.5 Å². The molecule has 2 saturated heterocycles. The number of benzene rings is 2. The fourth-order valence-electron chi connectivity index (χ4n) is 7.45. The lowest BCUT2D eigenvalue weighted by atomic mass is 9.82. The van der Waals surface area contributed by atoms with Gasteiger partial charge in [0.25, 0.3) is 0 Å². The van der Waals surface area contributed by atoms with Crippen molar-refractivity contribution in [3.05, 3.63) is 52.1 Å². The van der Waals surface area contributed by atoms with E-state index in [1.165, 1.54) is 30.5 Å². The molecule has 0 radical (unpaired) electrons. The first-order valence-corrected chi connectivity index (χ1v) is 16.7. The number of carbonyl (C=O) groups excluding carboxylic acids is 2. The Hall–Kier alpha value is -2.91. The summed E-state index contributed by atoms with van der Waals surface area (Å²) in [4.78, 5) is 29.4. The number of ether oxygens (including phenoxy) is 1. The topological polar surface area (TPSA) is 79.7 Å². The number of fused-ring (bicyclic) bond motifs is 1. The minimum absolute atomic E-state index is 0.195. The summed E-state index contributed by atoms with van der Waals surface area (Å²) in [6.07, 6.45) is 7.29. The molecule has 0 bridgehead atoms. The third kappa shape index (κ3) is 6.63. The number of rotatable bonds is 8. The Morgan fingerprint density at radius 3 is 2.51 bits per heavy atom. The van der Waals surface area contributed by atoms with Crippen molar-refractivity contribution < 1.29 is 14.3 Å². The van der Waals surface area contributed by atoms with Crippen LogP contribution in [0.4, 0.5) is 5.69 Å². The maximum atomic E-state index is 12.6. The number of carbonyl (C=O) groups is 2. The van der Waals surface area contributed by atoms with Crippen LogP contribution >= 0.6 is 15.9 Å². The maximum Gasteiger partial charge on any atom is 0.235 e. The molecule has 43 heavy (non-hydrogen) atoms. The molecule has 3 fully saturated rings. The Morgan fingerprint density at radius 1 is 1.02 bits per heavy atom. The average Bonchev–Trinajstić information content (AvgIpc) is 3.33. The van der Waals surface area contributed by atoms with Crippen LogP contribution in [0.2, 0.25) is 0 Å². The number of piperidine rings is 1. The number of halogens is 1. The number of para-hydroxylation sites is 1. The smallest absolute Gasteiger partial charge is 0.235 e. The quantitative estimate of drug-likeness (QED) is 0.304. The molecule has 230 valence electrons. The van der Waals surface area contributed by atoms with E-state index < -0.39 is 0 Å². The van der Waals surface area contributed by atoms with Gasteiger partial charge >= 0.3 is 0 Å². The average molecular weight is 651 g/mol. The summed E-state index contributed by atoms with van der Waals surface area (Å²) in [5.74, 6) is 1.67. The Labute approximate surface area is 263 Å². The summed E-state index contributed by atoms with van der Waals surface area (Å²) in [5, 5.41) is 8.29. The second-order valence-corrected chi connectivity index (χ2v) is 13.8. The maximum absolute atomic E-state index is 12.6. The molecule has 2 amide bonds. The number of piperazine rings is 1. The third-order valence-corrected chi connectivity index (χ3v) is 10.6. The summed E-state index contributed by atoms with van der Waals surface area (Å²) < 4.78 is 9.41. The molecule has 3 aliphatic rings. The van der Waals surface area contributed by atoms with Gasteiger partial charge in [0.05, 0.1) is 28.9 Å². The zero-order valence-electron chi connectivity index (χ0n) is 25.7. The van der Waals surface area contributed by atoms with E-state index in [0.717, 1.165) is 78.3 Å². The van der Waals surface area contributed by atoms with Crippen molar-refractivity contribution in [3.8, 4) is 5.75 Å². The predicted molar refractivity (Wildman–Crippen MR) is 174 cm³/mol. The monoisotopic (exact) mass is 649 g/mol. The van der Waals surface area contributed by atoms with Gasteiger partial charge in [-0.1, -0.05) is 41.1 Å². The molecule has 0 spiro atoms. The highest BCUT2D eigenvalue weighted by molar-refractivity contribution is 9.10. The van der Waals surface area contributed by atoms with Crippen LogP contribution in [0.5, 0.6) is 5.75 Å². The van der Waals surface area contributed by atoms with Gasteiger partial charge in [-0.2, -0.15) is 5.10 Å². The molecule has 3 aromatic rings. The molecular weight excluding hydrogens is 606 g/mol. The molecular formula is C34H44BrN5O3. The first kappa shape index (κ1) is 30.1. The lowest BCUT2D eigenvalue weighted by Crippen LogP contribution is -2.47. The van der Waals surface area contributed by atoms with Crippen LogP contribution in [-0.4, -0.2) is 65.3 Å². The van der Waals surface area contributed by atoms with Crippen LogP contribution in [0.3, 0.4) is 0 Å². The summed E-state index contributed by atoms with van der Waals surface area (Å²) in [6.45, 7) is 9.73. The van der Waals surface area contributed by atoms with Crippen LogP contribution in [0.1, 0.15) is 69.0 Å². The van der Waals surface area contributed by atoms with Crippen molar-refractivity contribution in [2.45, 2.75) is 70.8 Å². The molecule has 3 heterocycles. The van der Waals surface area contributed by atoms with Gasteiger partial charge in [0.2, 0.25) is 11.8 Å². The molecule has 2 aromatic carbocycles. The Morgan fingerprint density at radius 2 is 1.77 bits per heavy atom. The summed E-state index contributed by atoms with van der Waals surface area (Å²) in [7, 11) is 1.96. The first-order chi connectivity index (χ1) is 20.8. The van der Waals surface area contributed by atoms with Gasteiger partial charge < -0.3 is 9.64 Å². The lowest BCUT2D eigenvalue weighted by Gasteiger charge is -2.38. The Balaban J connectivity index is 0.997. The van der Waals surface area contributed by atoms with Crippen LogP contribution in [-0.2, 0) is 16.6 Å². The van der Waals surface area contributed by atoms with Crippen molar-refractivity contribution in [1.82, 2.24) is 20.0 Å². The standard InChI is InChI=1S/C34H44BrN5O3/c1-22(20-24-10-12-25(13-11-24)43-30-9-5-7-28(35)23(30)2)21-39-16-18-40(19-17-39)29-8-4-6-26-32(37-38(3)33(26)29)27-14-15-31(41)36-34(27)42/h4-9,22,24-25,27H,10-21H2,1-3H3,(H,36,41,42)/t22-,24?,25?,27?/m0/s1. The highest BCUT2D eigenvalue weighted by Gasteiger charge is 2.33. The highest BCUT2D eigenvalue weighted by Crippen LogP contribution is 2.36. The Bertz CT molecular complexity index is 1470. The number of aromatic nitrogens is 2. The summed E-state index contributed by atoms with van der Waals surface area (Å²) in [6, 6.07) is 12.5. The molecule has 9 heteroatoms. The second-order valence-electron chi connectivity index (χ2n) is 12.9. The highest BCUT2D eigenvalue weighted by atomic mass is 79.9. The van der Waals surface area contributed by atoms with E-state index in [9.17, 15) is 9.59 Å².